The summed E-state index contributed by atoms with van der Waals surface area (Å²) in [6, 6.07) is 8.55. The van der Waals surface area contributed by atoms with Crippen molar-refractivity contribution in [3.8, 4) is 0 Å². The summed E-state index contributed by atoms with van der Waals surface area (Å²) >= 11 is 0. The molecule has 0 saturated carbocycles. The molecule has 5 nitrogen and oxygen atoms in total. The van der Waals surface area contributed by atoms with Gasteiger partial charge in [0.1, 0.15) is 6.04 Å². The van der Waals surface area contributed by atoms with E-state index in [1.807, 2.05) is 30.3 Å². The van der Waals surface area contributed by atoms with Crippen LogP contribution in [0.1, 0.15) is 18.0 Å². The van der Waals surface area contributed by atoms with Crippen LogP contribution in [0.3, 0.4) is 0 Å². The Morgan fingerprint density at radius 3 is 2.65 bits per heavy atom. The Balaban J connectivity index is 2.30. The SMILES string of the molecule is NC(C(=O)NCCCNC=O)c1ccccc1. The van der Waals surface area contributed by atoms with Gasteiger partial charge in [0.05, 0.1) is 0 Å². The van der Waals surface area contributed by atoms with Crippen molar-refractivity contribution in [1.82, 2.24) is 10.6 Å². The standard InChI is InChI=1S/C12H17N3O2/c13-11(10-5-2-1-3-6-10)12(17)15-8-4-7-14-9-16/h1-3,5-6,9,11H,4,7-8,13H2,(H,14,16)(H,15,17). The molecule has 1 aromatic rings. The van der Waals surface area contributed by atoms with Crippen LogP contribution in [0.5, 0.6) is 0 Å². The maximum absolute atomic E-state index is 11.7. The van der Waals surface area contributed by atoms with E-state index in [-0.39, 0.29) is 5.91 Å². The lowest BCUT2D eigenvalue weighted by Crippen LogP contribution is -2.35. The van der Waals surface area contributed by atoms with Crippen LogP contribution in [0, 0.1) is 0 Å². The van der Waals surface area contributed by atoms with E-state index in [4.69, 9.17) is 5.73 Å². The molecule has 0 spiro atoms. The lowest BCUT2D eigenvalue weighted by atomic mass is 10.1. The Morgan fingerprint density at radius 2 is 2.00 bits per heavy atom. The molecule has 0 radical (unpaired) electrons. The monoisotopic (exact) mass is 235 g/mol. The van der Waals surface area contributed by atoms with Crippen molar-refractivity contribution in [3.05, 3.63) is 35.9 Å². The minimum absolute atomic E-state index is 0.206. The van der Waals surface area contributed by atoms with Gasteiger partial charge in [-0.3, -0.25) is 9.59 Å². The van der Waals surface area contributed by atoms with Gasteiger partial charge in [0.2, 0.25) is 12.3 Å². The Bertz CT molecular complexity index is 354. The highest BCUT2D eigenvalue weighted by Gasteiger charge is 2.14. The second-order valence-corrected chi connectivity index (χ2v) is 3.60. The fourth-order valence-corrected chi connectivity index (χ4v) is 1.38. The summed E-state index contributed by atoms with van der Waals surface area (Å²) in [5.41, 5.74) is 6.58. The maximum atomic E-state index is 11.7. The topological polar surface area (TPSA) is 84.2 Å². The molecule has 1 atom stereocenters. The molecule has 1 unspecified atom stereocenters. The molecular formula is C12H17N3O2. The molecular weight excluding hydrogens is 218 g/mol. The van der Waals surface area contributed by atoms with Crippen molar-refractivity contribution in [2.24, 2.45) is 5.73 Å². The summed E-state index contributed by atoms with van der Waals surface area (Å²) in [7, 11) is 0. The highest BCUT2D eigenvalue weighted by Crippen LogP contribution is 2.08. The molecule has 0 aliphatic rings. The van der Waals surface area contributed by atoms with Gasteiger partial charge in [0, 0.05) is 13.1 Å². The van der Waals surface area contributed by atoms with Crippen LogP contribution in [-0.2, 0) is 9.59 Å². The largest absolute Gasteiger partial charge is 0.359 e. The Morgan fingerprint density at radius 1 is 1.29 bits per heavy atom. The van der Waals surface area contributed by atoms with E-state index in [2.05, 4.69) is 10.6 Å². The number of carbonyl (C=O) groups is 2. The zero-order valence-electron chi connectivity index (χ0n) is 9.56. The molecule has 0 fully saturated rings. The molecule has 17 heavy (non-hydrogen) atoms. The van der Waals surface area contributed by atoms with E-state index < -0.39 is 6.04 Å². The number of nitrogens with two attached hydrogens (primary N) is 1. The predicted molar refractivity (Wildman–Crippen MR) is 65.1 cm³/mol. The van der Waals surface area contributed by atoms with E-state index in [0.29, 0.717) is 25.9 Å². The minimum atomic E-state index is -0.643. The number of hydrogen-bond acceptors (Lipinski definition) is 3. The van der Waals surface area contributed by atoms with Crippen LogP contribution in [0.15, 0.2) is 30.3 Å². The molecule has 0 saturated heterocycles. The summed E-state index contributed by atoms with van der Waals surface area (Å²) in [4.78, 5) is 21.6. The molecule has 92 valence electrons. The number of carbonyl (C=O) groups excluding carboxylic acids is 2. The fourth-order valence-electron chi connectivity index (χ4n) is 1.38. The first-order chi connectivity index (χ1) is 8.25. The van der Waals surface area contributed by atoms with Crippen LogP contribution in [-0.4, -0.2) is 25.4 Å². The first kappa shape index (κ1) is 13.2. The first-order valence-corrected chi connectivity index (χ1v) is 5.51. The van der Waals surface area contributed by atoms with Crippen LogP contribution in [0.25, 0.3) is 0 Å². The van der Waals surface area contributed by atoms with Gasteiger partial charge >= 0.3 is 0 Å². The molecule has 0 heterocycles. The summed E-state index contributed by atoms with van der Waals surface area (Å²) in [6.45, 7) is 1.05. The normalized spacial score (nSPS) is 11.6. The van der Waals surface area contributed by atoms with Gasteiger partial charge in [-0.25, -0.2) is 0 Å². The number of rotatable bonds is 7. The van der Waals surface area contributed by atoms with Crippen LogP contribution >= 0.6 is 0 Å². The smallest absolute Gasteiger partial charge is 0.241 e. The van der Waals surface area contributed by atoms with Gasteiger partial charge in [0.15, 0.2) is 0 Å². The molecule has 4 N–H and O–H groups in total. The third-order valence-corrected chi connectivity index (χ3v) is 2.32. The zero-order chi connectivity index (χ0) is 12.5. The quantitative estimate of drug-likeness (QED) is 0.457. The number of nitrogens with one attached hydrogen (secondary N) is 2. The molecule has 1 aromatic carbocycles. The molecule has 1 rings (SSSR count). The summed E-state index contributed by atoms with van der Waals surface area (Å²) < 4.78 is 0. The first-order valence-electron chi connectivity index (χ1n) is 5.51. The number of hydrogen-bond donors (Lipinski definition) is 3. The maximum Gasteiger partial charge on any atom is 0.241 e. The average Bonchev–Trinajstić information content (AvgIpc) is 2.38. The molecule has 0 aliphatic heterocycles. The number of amides is 2. The summed E-state index contributed by atoms with van der Waals surface area (Å²) in [5, 5.41) is 5.24. The van der Waals surface area contributed by atoms with Crippen molar-refractivity contribution < 1.29 is 9.59 Å². The van der Waals surface area contributed by atoms with Gasteiger partial charge in [-0.1, -0.05) is 30.3 Å². The van der Waals surface area contributed by atoms with Crippen LogP contribution < -0.4 is 16.4 Å². The molecule has 0 aromatic heterocycles. The van der Waals surface area contributed by atoms with Gasteiger partial charge in [0.25, 0.3) is 0 Å². The van der Waals surface area contributed by atoms with Crippen molar-refractivity contribution in [3.63, 3.8) is 0 Å². The second kappa shape index (κ2) is 7.40. The van der Waals surface area contributed by atoms with Crippen LogP contribution in [0.2, 0.25) is 0 Å². The van der Waals surface area contributed by atoms with Gasteiger partial charge in [-0.15, -0.1) is 0 Å². The van der Waals surface area contributed by atoms with Crippen LogP contribution in [0.4, 0.5) is 0 Å². The fraction of sp³-hybridized carbons (Fsp3) is 0.333. The van der Waals surface area contributed by atoms with E-state index in [1.54, 1.807) is 0 Å². The number of benzene rings is 1. The molecule has 0 aliphatic carbocycles. The highest BCUT2D eigenvalue weighted by atomic mass is 16.2. The predicted octanol–water partition coefficient (Wildman–Crippen LogP) is -0.0613. The molecule has 2 amide bonds. The highest BCUT2D eigenvalue weighted by molar-refractivity contribution is 5.82. The van der Waals surface area contributed by atoms with E-state index in [0.717, 1.165) is 5.56 Å². The summed E-state index contributed by atoms with van der Waals surface area (Å²) in [6.07, 6.45) is 1.32. The van der Waals surface area contributed by atoms with Gasteiger partial charge in [-0.05, 0) is 12.0 Å². The Labute approximate surface area is 100 Å². The third-order valence-electron chi connectivity index (χ3n) is 2.32. The zero-order valence-corrected chi connectivity index (χ0v) is 9.56. The van der Waals surface area contributed by atoms with Crippen molar-refractivity contribution in [1.29, 1.82) is 0 Å². The van der Waals surface area contributed by atoms with Gasteiger partial charge in [-0.2, -0.15) is 0 Å². The second-order valence-electron chi connectivity index (χ2n) is 3.60. The molecule has 0 bridgehead atoms. The minimum Gasteiger partial charge on any atom is -0.359 e. The lowest BCUT2D eigenvalue weighted by molar-refractivity contribution is -0.122. The van der Waals surface area contributed by atoms with Crippen molar-refractivity contribution in [2.75, 3.05) is 13.1 Å². The van der Waals surface area contributed by atoms with Gasteiger partial charge < -0.3 is 16.4 Å². The van der Waals surface area contributed by atoms with Crippen molar-refractivity contribution in [2.45, 2.75) is 12.5 Å². The lowest BCUT2D eigenvalue weighted by Gasteiger charge is -2.12. The van der Waals surface area contributed by atoms with E-state index in [9.17, 15) is 9.59 Å². The van der Waals surface area contributed by atoms with E-state index in [1.165, 1.54) is 0 Å². The Kier molecular flexibility index (Phi) is 5.74. The Hall–Kier alpha value is -1.88. The third kappa shape index (κ3) is 4.65. The summed E-state index contributed by atoms with van der Waals surface area (Å²) in [5.74, 6) is -0.206. The molecule has 5 heteroatoms. The van der Waals surface area contributed by atoms with E-state index >= 15 is 0 Å². The average molecular weight is 235 g/mol. The van der Waals surface area contributed by atoms with Crippen molar-refractivity contribution >= 4 is 12.3 Å².